The number of nitrogens with zero attached hydrogens (tertiary/aromatic N) is 6. The minimum Gasteiger partial charge on any atom is -0.370 e. The van der Waals surface area contributed by atoms with Crippen molar-refractivity contribution < 1.29 is 4.74 Å². The van der Waals surface area contributed by atoms with Gasteiger partial charge in [-0.15, -0.1) is 0 Å². The predicted molar refractivity (Wildman–Crippen MR) is 101 cm³/mol. The molecule has 2 aromatic rings. The van der Waals surface area contributed by atoms with Crippen molar-refractivity contribution in [2.24, 2.45) is 12.0 Å². The first-order valence-electron chi connectivity index (χ1n) is 9.21. The van der Waals surface area contributed by atoms with Crippen LogP contribution in [-0.4, -0.2) is 63.5 Å². The SMILES string of the molecule is CN=C(NCCCCn1ccnc1C)N1CCOC(c2cnn(C)c2)C1. The summed E-state index contributed by atoms with van der Waals surface area (Å²) in [4.78, 5) is 11.0. The third kappa shape index (κ3) is 4.63. The molecule has 1 saturated heterocycles. The molecule has 3 rings (SSSR count). The van der Waals surface area contributed by atoms with Gasteiger partial charge in [-0.25, -0.2) is 4.98 Å². The van der Waals surface area contributed by atoms with E-state index in [-0.39, 0.29) is 6.10 Å². The lowest BCUT2D eigenvalue weighted by molar-refractivity contribution is -0.00802. The molecule has 2 aromatic heterocycles. The maximum absolute atomic E-state index is 5.91. The standard InChI is InChI=1S/C18H29N7O/c1-15-20-7-9-24(15)8-5-4-6-21-18(19-2)25-10-11-26-17(14-25)16-12-22-23(3)13-16/h7,9,12-13,17H,4-6,8,10-11,14H2,1-3H3,(H,19,21). The molecule has 0 aromatic carbocycles. The summed E-state index contributed by atoms with van der Waals surface area (Å²) >= 11 is 0. The van der Waals surface area contributed by atoms with E-state index in [2.05, 4.69) is 29.9 Å². The van der Waals surface area contributed by atoms with E-state index < -0.39 is 0 Å². The van der Waals surface area contributed by atoms with E-state index in [0.29, 0.717) is 6.61 Å². The molecule has 8 heteroatoms. The highest BCUT2D eigenvalue weighted by Crippen LogP contribution is 2.21. The van der Waals surface area contributed by atoms with Crippen LogP contribution in [0, 0.1) is 6.92 Å². The minimum atomic E-state index is 0.0419. The third-order valence-electron chi connectivity index (χ3n) is 4.71. The van der Waals surface area contributed by atoms with Crippen molar-refractivity contribution in [1.82, 2.24) is 29.5 Å². The molecule has 0 radical (unpaired) electrons. The number of morpholine rings is 1. The third-order valence-corrected chi connectivity index (χ3v) is 4.71. The molecule has 3 heterocycles. The number of aromatic nitrogens is 4. The highest BCUT2D eigenvalue weighted by atomic mass is 16.5. The topological polar surface area (TPSA) is 72.5 Å². The van der Waals surface area contributed by atoms with Gasteiger partial charge in [-0.2, -0.15) is 5.10 Å². The lowest BCUT2D eigenvalue weighted by atomic mass is 10.1. The second-order valence-electron chi connectivity index (χ2n) is 6.60. The normalized spacial score (nSPS) is 18.3. The van der Waals surface area contributed by atoms with Gasteiger partial charge >= 0.3 is 0 Å². The molecular weight excluding hydrogens is 330 g/mol. The number of imidazole rings is 1. The number of hydrogen-bond donors (Lipinski definition) is 1. The van der Waals surface area contributed by atoms with E-state index in [1.165, 1.54) is 0 Å². The molecule has 0 bridgehead atoms. The quantitative estimate of drug-likeness (QED) is 0.479. The molecule has 1 aliphatic heterocycles. The highest BCUT2D eigenvalue weighted by molar-refractivity contribution is 5.80. The number of ether oxygens (including phenoxy) is 1. The van der Waals surface area contributed by atoms with Crippen molar-refractivity contribution in [1.29, 1.82) is 0 Å². The number of aryl methyl sites for hydroxylation is 3. The van der Waals surface area contributed by atoms with E-state index in [4.69, 9.17) is 4.74 Å². The Bertz CT molecular complexity index is 721. The predicted octanol–water partition coefficient (Wildman–Crippen LogP) is 1.35. The van der Waals surface area contributed by atoms with Crippen LogP contribution in [0.1, 0.15) is 30.3 Å². The average molecular weight is 359 g/mol. The Morgan fingerprint density at radius 2 is 2.31 bits per heavy atom. The number of aliphatic imine (C=N–C) groups is 1. The van der Waals surface area contributed by atoms with Crippen molar-refractivity contribution >= 4 is 5.96 Å². The largest absolute Gasteiger partial charge is 0.370 e. The zero-order valence-corrected chi connectivity index (χ0v) is 15.9. The zero-order chi connectivity index (χ0) is 18.4. The van der Waals surface area contributed by atoms with Gasteiger partial charge in [-0.3, -0.25) is 9.67 Å². The summed E-state index contributed by atoms with van der Waals surface area (Å²) in [5, 5.41) is 7.73. The maximum Gasteiger partial charge on any atom is 0.193 e. The molecule has 1 aliphatic rings. The molecular formula is C18H29N7O. The molecule has 1 atom stereocenters. The van der Waals surface area contributed by atoms with Crippen molar-refractivity contribution in [2.45, 2.75) is 32.4 Å². The van der Waals surface area contributed by atoms with Crippen molar-refractivity contribution in [3.05, 3.63) is 36.2 Å². The Kier molecular flexibility index (Phi) is 6.27. The Labute approximate surface area is 154 Å². The molecule has 0 saturated carbocycles. The molecule has 0 amide bonds. The van der Waals surface area contributed by atoms with E-state index >= 15 is 0 Å². The second-order valence-corrected chi connectivity index (χ2v) is 6.60. The van der Waals surface area contributed by atoms with Crippen molar-refractivity contribution in [2.75, 3.05) is 33.3 Å². The minimum absolute atomic E-state index is 0.0419. The van der Waals surface area contributed by atoms with Gasteiger partial charge in [0, 0.05) is 57.9 Å². The van der Waals surface area contributed by atoms with Crippen molar-refractivity contribution in [3.63, 3.8) is 0 Å². The van der Waals surface area contributed by atoms with Gasteiger partial charge in [-0.1, -0.05) is 0 Å². The summed E-state index contributed by atoms with van der Waals surface area (Å²) in [5.41, 5.74) is 1.11. The highest BCUT2D eigenvalue weighted by Gasteiger charge is 2.24. The molecule has 0 aliphatic carbocycles. The summed E-state index contributed by atoms with van der Waals surface area (Å²) in [6, 6.07) is 0. The lowest BCUT2D eigenvalue weighted by Crippen LogP contribution is -2.48. The van der Waals surface area contributed by atoms with E-state index in [9.17, 15) is 0 Å². The van der Waals surface area contributed by atoms with Crippen LogP contribution in [0.5, 0.6) is 0 Å². The fourth-order valence-corrected chi connectivity index (χ4v) is 3.23. The first-order chi connectivity index (χ1) is 12.7. The van der Waals surface area contributed by atoms with Crippen LogP contribution in [0.4, 0.5) is 0 Å². The number of rotatable bonds is 6. The van der Waals surface area contributed by atoms with E-state index in [1.54, 1.807) is 0 Å². The van der Waals surface area contributed by atoms with E-state index in [0.717, 1.165) is 56.4 Å². The molecule has 26 heavy (non-hydrogen) atoms. The van der Waals surface area contributed by atoms with Gasteiger partial charge in [0.25, 0.3) is 0 Å². The zero-order valence-electron chi connectivity index (χ0n) is 15.9. The first kappa shape index (κ1) is 18.4. The monoisotopic (exact) mass is 359 g/mol. The van der Waals surface area contributed by atoms with Gasteiger partial charge in [-0.05, 0) is 19.8 Å². The average Bonchev–Trinajstić information content (AvgIpc) is 3.27. The molecule has 1 fully saturated rings. The number of unbranched alkanes of at least 4 members (excludes halogenated alkanes) is 1. The Morgan fingerprint density at radius 3 is 3.00 bits per heavy atom. The number of nitrogens with one attached hydrogen (secondary N) is 1. The van der Waals surface area contributed by atoms with Gasteiger partial charge < -0.3 is 19.5 Å². The summed E-state index contributed by atoms with van der Waals surface area (Å²) < 4.78 is 9.91. The first-order valence-corrected chi connectivity index (χ1v) is 9.21. The van der Waals surface area contributed by atoms with Crippen LogP contribution in [-0.2, 0) is 18.3 Å². The van der Waals surface area contributed by atoms with Gasteiger partial charge in [0.05, 0.1) is 19.3 Å². The van der Waals surface area contributed by atoms with Crippen LogP contribution < -0.4 is 5.32 Å². The van der Waals surface area contributed by atoms with Gasteiger partial charge in [0.15, 0.2) is 5.96 Å². The molecule has 1 unspecified atom stereocenters. The number of guanidine groups is 1. The lowest BCUT2D eigenvalue weighted by Gasteiger charge is -2.34. The molecule has 0 spiro atoms. The smallest absolute Gasteiger partial charge is 0.193 e. The Morgan fingerprint density at radius 1 is 1.42 bits per heavy atom. The van der Waals surface area contributed by atoms with Crippen LogP contribution in [0.15, 0.2) is 29.8 Å². The van der Waals surface area contributed by atoms with Crippen LogP contribution in [0.25, 0.3) is 0 Å². The second kappa shape index (κ2) is 8.84. The van der Waals surface area contributed by atoms with Crippen molar-refractivity contribution in [3.8, 4) is 0 Å². The van der Waals surface area contributed by atoms with Crippen LogP contribution in [0.3, 0.4) is 0 Å². The Hall–Kier alpha value is -2.35. The fourth-order valence-electron chi connectivity index (χ4n) is 3.23. The maximum atomic E-state index is 5.91. The molecule has 1 N–H and O–H groups in total. The molecule has 8 nitrogen and oxygen atoms in total. The van der Waals surface area contributed by atoms with Gasteiger partial charge in [0.2, 0.25) is 0 Å². The summed E-state index contributed by atoms with van der Waals surface area (Å²) in [6.45, 7) is 6.30. The van der Waals surface area contributed by atoms with Crippen LogP contribution >= 0.6 is 0 Å². The van der Waals surface area contributed by atoms with Crippen LogP contribution in [0.2, 0.25) is 0 Å². The fraction of sp³-hybridized carbons (Fsp3) is 0.611. The summed E-state index contributed by atoms with van der Waals surface area (Å²) in [7, 11) is 3.77. The summed E-state index contributed by atoms with van der Waals surface area (Å²) in [5.74, 6) is 2.02. The summed E-state index contributed by atoms with van der Waals surface area (Å²) in [6.07, 6.45) is 10.0. The van der Waals surface area contributed by atoms with Gasteiger partial charge in [0.1, 0.15) is 11.9 Å². The van der Waals surface area contributed by atoms with E-state index in [1.807, 2.05) is 50.5 Å². The number of hydrogen-bond acceptors (Lipinski definition) is 4. The Balaban J connectivity index is 1.43. The molecule has 142 valence electrons.